The van der Waals surface area contributed by atoms with Gasteiger partial charge < -0.3 is 4.98 Å². The number of H-pyrrole nitrogens is 1. The summed E-state index contributed by atoms with van der Waals surface area (Å²) in [6.45, 7) is 0. The quantitative estimate of drug-likeness (QED) is 0.617. The smallest absolute Gasteiger partial charge is 0.138 e. The third kappa shape index (κ3) is 2.18. The zero-order valence-electron chi connectivity index (χ0n) is 10.0. The molecule has 2 aromatic heterocycles. The molecule has 0 aliphatic rings. The Morgan fingerprint density at radius 3 is 2.53 bits per heavy atom. The van der Waals surface area contributed by atoms with E-state index in [9.17, 15) is 0 Å². The Morgan fingerprint density at radius 1 is 0.947 bits per heavy atom. The van der Waals surface area contributed by atoms with Crippen LogP contribution in [0.1, 0.15) is 16.7 Å². The van der Waals surface area contributed by atoms with E-state index in [1.807, 2.05) is 30.5 Å². The van der Waals surface area contributed by atoms with Crippen LogP contribution >= 0.6 is 0 Å². The number of hydrogen-bond donors (Lipinski definition) is 1. The Labute approximate surface area is 110 Å². The number of nitrogens with one attached hydrogen (secondary N) is 1. The minimum atomic E-state index is 0.641. The lowest BCUT2D eigenvalue weighted by molar-refractivity contribution is 1.32. The summed E-state index contributed by atoms with van der Waals surface area (Å²) < 4.78 is 0. The highest BCUT2D eigenvalue weighted by molar-refractivity contribution is 5.82. The number of rotatable bonds is 0. The number of nitriles is 1. The monoisotopic (exact) mass is 243 g/mol. The highest BCUT2D eigenvalue weighted by Gasteiger charge is 1.99. The second kappa shape index (κ2) is 4.68. The summed E-state index contributed by atoms with van der Waals surface area (Å²) in [5.41, 5.74) is 3.31. The van der Waals surface area contributed by atoms with Gasteiger partial charge in [0.25, 0.3) is 0 Å². The molecule has 0 fully saturated rings. The van der Waals surface area contributed by atoms with Gasteiger partial charge in [-0.3, -0.25) is 0 Å². The first-order valence-corrected chi connectivity index (χ1v) is 5.81. The minimum Gasteiger partial charge on any atom is -0.346 e. The van der Waals surface area contributed by atoms with E-state index in [2.05, 4.69) is 27.9 Å². The fourth-order valence-corrected chi connectivity index (χ4v) is 1.84. The Morgan fingerprint density at radius 2 is 1.74 bits per heavy atom. The molecule has 0 aliphatic heterocycles. The van der Waals surface area contributed by atoms with Crippen molar-refractivity contribution in [2.24, 2.45) is 0 Å². The molecule has 0 bridgehead atoms. The first-order valence-electron chi connectivity index (χ1n) is 5.81. The van der Waals surface area contributed by atoms with E-state index >= 15 is 0 Å². The third-order valence-electron chi connectivity index (χ3n) is 2.82. The van der Waals surface area contributed by atoms with Crippen LogP contribution in [-0.2, 0) is 0 Å². The van der Waals surface area contributed by atoms with Gasteiger partial charge in [-0.05, 0) is 36.4 Å². The molecule has 1 aromatic carbocycles. The highest BCUT2D eigenvalue weighted by atomic mass is 14.8. The van der Waals surface area contributed by atoms with E-state index in [4.69, 9.17) is 5.26 Å². The number of aromatic amines is 1. The van der Waals surface area contributed by atoms with Gasteiger partial charge in [0.2, 0.25) is 0 Å². The molecule has 0 radical (unpaired) electrons. The van der Waals surface area contributed by atoms with Crippen molar-refractivity contribution >= 4 is 11.0 Å². The molecule has 0 saturated carbocycles. The fourth-order valence-electron chi connectivity index (χ4n) is 1.84. The van der Waals surface area contributed by atoms with E-state index < -0.39 is 0 Å². The molecule has 0 amide bonds. The number of fused-ring (bicyclic) bond motifs is 1. The van der Waals surface area contributed by atoms with Crippen LogP contribution in [0, 0.1) is 23.2 Å². The lowest BCUT2D eigenvalue weighted by Gasteiger charge is -1.93. The lowest BCUT2D eigenvalue weighted by atomic mass is 10.1. The molecule has 3 aromatic rings. The molecule has 3 nitrogen and oxygen atoms in total. The van der Waals surface area contributed by atoms with Crippen LogP contribution < -0.4 is 0 Å². The van der Waals surface area contributed by atoms with Crippen LogP contribution in [0.3, 0.4) is 0 Å². The zero-order valence-corrected chi connectivity index (χ0v) is 10.0. The molecule has 3 rings (SSSR count). The molecule has 19 heavy (non-hydrogen) atoms. The standard InChI is InChI=1S/C16H9N3/c17-11-13-3-1-12(2-4-13)5-6-14-7-9-18-16-15(14)8-10-19-16/h1-4,7-10H,(H,18,19). The number of pyridine rings is 1. The molecule has 0 atom stereocenters. The fraction of sp³-hybridized carbons (Fsp3) is 0. The van der Waals surface area contributed by atoms with Gasteiger partial charge in [-0.1, -0.05) is 11.8 Å². The van der Waals surface area contributed by atoms with Crippen LogP contribution in [0.2, 0.25) is 0 Å². The number of aromatic nitrogens is 2. The van der Waals surface area contributed by atoms with Crippen molar-refractivity contribution in [2.45, 2.75) is 0 Å². The molecule has 1 N–H and O–H groups in total. The van der Waals surface area contributed by atoms with Gasteiger partial charge in [0.15, 0.2) is 0 Å². The molecule has 0 spiro atoms. The maximum Gasteiger partial charge on any atom is 0.138 e. The van der Waals surface area contributed by atoms with Gasteiger partial charge in [-0.15, -0.1) is 0 Å². The van der Waals surface area contributed by atoms with E-state index in [1.54, 1.807) is 18.3 Å². The Hall–Kier alpha value is -3.04. The summed E-state index contributed by atoms with van der Waals surface area (Å²) in [5, 5.41) is 9.75. The molecular formula is C16H9N3. The summed E-state index contributed by atoms with van der Waals surface area (Å²) in [6.07, 6.45) is 3.59. The second-order valence-corrected chi connectivity index (χ2v) is 4.04. The first kappa shape index (κ1) is 11.1. The molecule has 3 heteroatoms. The Kier molecular flexibility index (Phi) is 2.73. The average Bonchev–Trinajstić information content (AvgIpc) is 2.94. The maximum atomic E-state index is 8.73. The SMILES string of the molecule is N#Cc1ccc(C#Cc2ccnc3[nH]ccc23)cc1. The molecule has 88 valence electrons. The van der Waals surface area contributed by atoms with Crippen molar-refractivity contribution in [3.05, 3.63) is 65.5 Å². The summed E-state index contributed by atoms with van der Waals surface area (Å²) >= 11 is 0. The van der Waals surface area contributed by atoms with Crippen molar-refractivity contribution in [1.29, 1.82) is 5.26 Å². The van der Waals surface area contributed by atoms with Crippen LogP contribution in [0.5, 0.6) is 0 Å². The van der Waals surface area contributed by atoms with E-state index in [0.29, 0.717) is 5.56 Å². The van der Waals surface area contributed by atoms with Gasteiger partial charge in [-0.25, -0.2) is 4.98 Å². The maximum absolute atomic E-state index is 8.73. The first-order chi connectivity index (χ1) is 9.36. The lowest BCUT2D eigenvalue weighted by Crippen LogP contribution is -1.81. The molecule has 2 heterocycles. The van der Waals surface area contributed by atoms with Crippen LogP contribution in [0.15, 0.2) is 48.8 Å². The van der Waals surface area contributed by atoms with Crippen molar-refractivity contribution in [3.8, 4) is 17.9 Å². The average molecular weight is 243 g/mol. The summed E-state index contributed by atoms with van der Waals surface area (Å²) in [5.74, 6) is 6.23. The Bertz CT molecular complexity index is 824. The summed E-state index contributed by atoms with van der Waals surface area (Å²) in [6, 6.07) is 13.2. The van der Waals surface area contributed by atoms with Crippen LogP contribution in [0.25, 0.3) is 11.0 Å². The number of hydrogen-bond acceptors (Lipinski definition) is 2. The minimum absolute atomic E-state index is 0.641. The van der Waals surface area contributed by atoms with E-state index in [-0.39, 0.29) is 0 Å². The van der Waals surface area contributed by atoms with Gasteiger partial charge >= 0.3 is 0 Å². The number of nitrogens with zero attached hydrogens (tertiary/aromatic N) is 2. The van der Waals surface area contributed by atoms with E-state index in [1.165, 1.54) is 0 Å². The summed E-state index contributed by atoms with van der Waals surface area (Å²) in [4.78, 5) is 7.28. The second-order valence-electron chi connectivity index (χ2n) is 4.04. The van der Waals surface area contributed by atoms with Crippen molar-refractivity contribution in [2.75, 3.05) is 0 Å². The van der Waals surface area contributed by atoms with Gasteiger partial charge in [0, 0.05) is 28.9 Å². The largest absolute Gasteiger partial charge is 0.346 e. The van der Waals surface area contributed by atoms with Crippen LogP contribution in [0.4, 0.5) is 0 Å². The number of benzene rings is 1. The molecule has 0 saturated heterocycles. The molecule has 0 aliphatic carbocycles. The van der Waals surface area contributed by atoms with Gasteiger partial charge in [0.05, 0.1) is 11.6 Å². The predicted molar refractivity (Wildman–Crippen MR) is 73.2 cm³/mol. The topological polar surface area (TPSA) is 52.5 Å². The van der Waals surface area contributed by atoms with Gasteiger partial charge in [-0.2, -0.15) is 5.26 Å². The van der Waals surface area contributed by atoms with Crippen LogP contribution in [-0.4, -0.2) is 9.97 Å². The normalized spacial score (nSPS) is 9.63. The van der Waals surface area contributed by atoms with E-state index in [0.717, 1.165) is 22.2 Å². The van der Waals surface area contributed by atoms with Gasteiger partial charge in [0.1, 0.15) is 5.65 Å². The van der Waals surface area contributed by atoms with Crippen molar-refractivity contribution in [1.82, 2.24) is 9.97 Å². The predicted octanol–water partition coefficient (Wildman–Crippen LogP) is 2.83. The van der Waals surface area contributed by atoms with Crippen molar-refractivity contribution in [3.63, 3.8) is 0 Å². The molecule has 0 unspecified atom stereocenters. The zero-order chi connectivity index (χ0) is 13.1. The highest BCUT2D eigenvalue weighted by Crippen LogP contribution is 2.13. The third-order valence-corrected chi connectivity index (χ3v) is 2.82. The van der Waals surface area contributed by atoms with Crippen molar-refractivity contribution < 1.29 is 0 Å². The molecular weight excluding hydrogens is 234 g/mol. The Balaban J connectivity index is 1.99. The summed E-state index contributed by atoms with van der Waals surface area (Å²) in [7, 11) is 0.